The zero-order valence-electron chi connectivity index (χ0n) is 9.26. The Kier molecular flexibility index (Phi) is 8.59. The molecule has 0 unspecified atom stereocenters. The van der Waals surface area contributed by atoms with Crippen molar-refractivity contribution < 1.29 is 19.4 Å². The number of benzene rings is 1. The van der Waals surface area contributed by atoms with Gasteiger partial charge < -0.3 is 9.84 Å². The molecule has 0 saturated heterocycles. The highest BCUT2D eigenvalue weighted by Gasteiger charge is 2.00. The van der Waals surface area contributed by atoms with Gasteiger partial charge in [0.2, 0.25) is 0 Å². The molecule has 0 amide bonds. The van der Waals surface area contributed by atoms with Crippen LogP contribution in [0.5, 0.6) is 0 Å². The molecule has 0 bridgehead atoms. The average Bonchev–Trinajstić information content (AvgIpc) is 3.18. The number of carbonyl (C=O) groups is 2. The summed E-state index contributed by atoms with van der Waals surface area (Å²) in [5, 5.41) is 6.89. The SMILES string of the molecule is C1CC1.COC(=O)c1ccccc1.O=CO. The van der Waals surface area contributed by atoms with Crippen molar-refractivity contribution in [2.24, 2.45) is 0 Å². The Morgan fingerprint density at radius 1 is 1.25 bits per heavy atom. The molecule has 0 spiro atoms. The Balaban J connectivity index is 0.000000308. The molecule has 88 valence electrons. The third-order valence-corrected chi connectivity index (χ3v) is 1.55. The normalized spacial score (nSPS) is 10.8. The van der Waals surface area contributed by atoms with Crippen LogP contribution in [-0.4, -0.2) is 24.7 Å². The van der Waals surface area contributed by atoms with Crippen LogP contribution >= 0.6 is 0 Å². The Labute approximate surface area is 94.9 Å². The van der Waals surface area contributed by atoms with E-state index in [0.29, 0.717) is 5.56 Å². The fourth-order valence-electron chi connectivity index (χ4n) is 0.692. The fourth-order valence-corrected chi connectivity index (χ4v) is 0.692. The monoisotopic (exact) mass is 224 g/mol. The van der Waals surface area contributed by atoms with Crippen molar-refractivity contribution in [2.75, 3.05) is 7.11 Å². The van der Waals surface area contributed by atoms with Crippen molar-refractivity contribution in [1.29, 1.82) is 0 Å². The van der Waals surface area contributed by atoms with Crippen molar-refractivity contribution in [2.45, 2.75) is 19.3 Å². The summed E-state index contributed by atoms with van der Waals surface area (Å²) in [6.07, 6.45) is 4.50. The maximum absolute atomic E-state index is 10.8. The molecule has 0 heterocycles. The van der Waals surface area contributed by atoms with Crippen LogP contribution in [0.2, 0.25) is 0 Å². The Morgan fingerprint density at radius 3 is 2.00 bits per heavy atom. The average molecular weight is 224 g/mol. The topological polar surface area (TPSA) is 63.6 Å². The van der Waals surface area contributed by atoms with Crippen LogP contribution in [-0.2, 0) is 9.53 Å². The van der Waals surface area contributed by atoms with Gasteiger partial charge in [0.25, 0.3) is 6.47 Å². The summed E-state index contributed by atoms with van der Waals surface area (Å²) in [5.74, 6) is -0.291. The van der Waals surface area contributed by atoms with E-state index in [1.165, 1.54) is 26.4 Å². The minimum Gasteiger partial charge on any atom is -0.483 e. The van der Waals surface area contributed by atoms with E-state index < -0.39 is 0 Å². The van der Waals surface area contributed by atoms with E-state index in [0.717, 1.165) is 0 Å². The highest BCUT2D eigenvalue weighted by atomic mass is 16.5. The van der Waals surface area contributed by atoms with E-state index in [1.807, 2.05) is 6.07 Å². The van der Waals surface area contributed by atoms with Gasteiger partial charge in [-0.15, -0.1) is 0 Å². The van der Waals surface area contributed by atoms with E-state index in [-0.39, 0.29) is 12.4 Å². The minimum atomic E-state index is -0.291. The summed E-state index contributed by atoms with van der Waals surface area (Å²) in [6, 6.07) is 8.88. The van der Waals surface area contributed by atoms with E-state index in [2.05, 4.69) is 4.74 Å². The quantitative estimate of drug-likeness (QED) is 0.587. The molecular formula is C12H16O4. The Morgan fingerprint density at radius 2 is 1.69 bits per heavy atom. The van der Waals surface area contributed by atoms with Gasteiger partial charge in [-0.3, -0.25) is 4.79 Å². The van der Waals surface area contributed by atoms with E-state index in [1.54, 1.807) is 24.3 Å². The molecule has 1 saturated carbocycles. The van der Waals surface area contributed by atoms with E-state index >= 15 is 0 Å². The maximum atomic E-state index is 10.8. The second kappa shape index (κ2) is 9.71. The molecule has 1 N–H and O–H groups in total. The lowest BCUT2D eigenvalue weighted by atomic mass is 10.2. The minimum absolute atomic E-state index is 0.250. The third-order valence-electron chi connectivity index (χ3n) is 1.55. The van der Waals surface area contributed by atoms with Crippen LogP contribution in [0.1, 0.15) is 29.6 Å². The summed E-state index contributed by atoms with van der Waals surface area (Å²) < 4.78 is 4.50. The van der Waals surface area contributed by atoms with Gasteiger partial charge in [-0.25, -0.2) is 4.79 Å². The first-order valence-electron chi connectivity index (χ1n) is 4.97. The maximum Gasteiger partial charge on any atom is 0.337 e. The molecule has 1 aliphatic carbocycles. The first-order valence-corrected chi connectivity index (χ1v) is 4.97. The summed E-state index contributed by atoms with van der Waals surface area (Å²) in [4.78, 5) is 19.2. The standard InChI is InChI=1S/C8H8O2.C3H6.CH2O2/c1-10-8(9)7-5-3-2-4-6-7;1-2-3-1;2-1-3/h2-6H,1H3;1-3H2;1H,(H,2,3). The summed E-state index contributed by atoms with van der Waals surface area (Å²) >= 11 is 0. The molecule has 4 nitrogen and oxygen atoms in total. The van der Waals surface area contributed by atoms with E-state index in [9.17, 15) is 4.79 Å². The first kappa shape index (κ1) is 14.2. The van der Waals surface area contributed by atoms with E-state index in [4.69, 9.17) is 9.90 Å². The second-order valence-electron chi connectivity index (χ2n) is 3.02. The number of methoxy groups -OCH3 is 1. The Bertz CT molecular complexity index is 290. The van der Waals surface area contributed by atoms with Crippen molar-refractivity contribution in [1.82, 2.24) is 0 Å². The van der Waals surface area contributed by atoms with Crippen LogP contribution in [0.4, 0.5) is 0 Å². The Hall–Kier alpha value is -1.84. The highest BCUT2D eigenvalue weighted by molar-refractivity contribution is 5.89. The predicted molar refractivity (Wildman–Crippen MR) is 60.3 cm³/mol. The van der Waals surface area contributed by atoms with Gasteiger partial charge in [0.15, 0.2) is 0 Å². The smallest absolute Gasteiger partial charge is 0.337 e. The molecule has 2 rings (SSSR count). The van der Waals surface area contributed by atoms with Crippen LogP contribution in [0, 0.1) is 0 Å². The van der Waals surface area contributed by atoms with Crippen molar-refractivity contribution in [3.8, 4) is 0 Å². The molecular weight excluding hydrogens is 208 g/mol. The number of hydrogen-bond acceptors (Lipinski definition) is 3. The van der Waals surface area contributed by atoms with Crippen molar-refractivity contribution in [3.63, 3.8) is 0 Å². The van der Waals surface area contributed by atoms with Gasteiger partial charge in [0.1, 0.15) is 0 Å². The van der Waals surface area contributed by atoms with Crippen LogP contribution < -0.4 is 0 Å². The lowest BCUT2D eigenvalue weighted by Gasteiger charge is -1.95. The van der Waals surface area contributed by atoms with Crippen LogP contribution in [0.3, 0.4) is 0 Å². The largest absolute Gasteiger partial charge is 0.483 e. The molecule has 0 aromatic heterocycles. The molecule has 4 heteroatoms. The molecule has 0 atom stereocenters. The number of ether oxygens (including phenoxy) is 1. The highest BCUT2D eigenvalue weighted by Crippen LogP contribution is 2.14. The summed E-state index contributed by atoms with van der Waals surface area (Å²) in [6.45, 7) is -0.250. The molecule has 0 aliphatic heterocycles. The number of carbonyl (C=O) groups excluding carboxylic acids is 1. The lowest BCUT2D eigenvalue weighted by molar-refractivity contribution is -0.122. The third kappa shape index (κ3) is 8.74. The van der Waals surface area contributed by atoms with Gasteiger partial charge in [-0.2, -0.15) is 0 Å². The predicted octanol–water partition coefficient (Wildman–Crippen LogP) is 2.34. The first-order chi connectivity index (χ1) is 7.76. The van der Waals surface area contributed by atoms with Gasteiger partial charge in [0.05, 0.1) is 12.7 Å². The molecule has 1 aliphatic rings. The number of rotatable bonds is 1. The zero-order chi connectivity index (χ0) is 12.2. The van der Waals surface area contributed by atoms with Crippen LogP contribution in [0.15, 0.2) is 30.3 Å². The number of hydrogen-bond donors (Lipinski definition) is 1. The lowest BCUT2D eigenvalue weighted by Crippen LogP contribution is -1.99. The van der Waals surface area contributed by atoms with Gasteiger partial charge >= 0.3 is 5.97 Å². The molecule has 1 aromatic carbocycles. The summed E-state index contributed by atoms with van der Waals surface area (Å²) in [5.41, 5.74) is 0.588. The fraction of sp³-hybridized carbons (Fsp3) is 0.333. The van der Waals surface area contributed by atoms with Gasteiger partial charge in [-0.05, 0) is 12.1 Å². The van der Waals surface area contributed by atoms with Crippen molar-refractivity contribution >= 4 is 12.4 Å². The van der Waals surface area contributed by atoms with Crippen molar-refractivity contribution in [3.05, 3.63) is 35.9 Å². The van der Waals surface area contributed by atoms with Crippen LogP contribution in [0.25, 0.3) is 0 Å². The second-order valence-corrected chi connectivity index (χ2v) is 3.02. The van der Waals surface area contributed by atoms with Gasteiger partial charge in [-0.1, -0.05) is 37.5 Å². The molecule has 0 radical (unpaired) electrons. The molecule has 16 heavy (non-hydrogen) atoms. The number of esters is 1. The molecule has 1 aromatic rings. The zero-order valence-corrected chi connectivity index (χ0v) is 9.26. The number of carboxylic acid groups (broad SMARTS) is 1. The van der Waals surface area contributed by atoms with Gasteiger partial charge in [0, 0.05) is 0 Å². The molecule has 1 fully saturated rings. The summed E-state index contributed by atoms with van der Waals surface area (Å²) in [7, 11) is 1.37.